The number of methoxy groups -OCH3 is 2. The van der Waals surface area contributed by atoms with Crippen LogP contribution in [0, 0.1) is 5.92 Å². The normalized spacial score (nSPS) is 19.8. The summed E-state index contributed by atoms with van der Waals surface area (Å²) in [5.41, 5.74) is 1.23. The quantitative estimate of drug-likeness (QED) is 0.325. The number of hydrogen-bond donors (Lipinski definition) is 1. The van der Waals surface area contributed by atoms with E-state index in [2.05, 4.69) is 10.1 Å². The van der Waals surface area contributed by atoms with E-state index in [0.717, 1.165) is 36.8 Å². The molecule has 0 saturated heterocycles. The van der Waals surface area contributed by atoms with E-state index in [0.29, 0.717) is 41.0 Å². The molecule has 0 radical (unpaired) electrons. The Balaban J connectivity index is 1.40. The molecule has 8 nitrogen and oxygen atoms in total. The van der Waals surface area contributed by atoms with Crippen LogP contribution < -0.4 is 9.47 Å². The Morgan fingerprint density at radius 3 is 2.51 bits per heavy atom. The summed E-state index contributed by atoms with van der Waals surface area (Å²) < 4.78 is 18.9. The minimum absolute atomic E-state index is 0.0714. The molecule has 5 rings (SSSR count). The van der Waals surface area contributed by atoms with Crippen LogP contribution in [-0.2, 0) is 29.4 Å². The molecule has 1 fully saturated rings. The van der Waals surface area contributed by atoms with Gasteiger partial charge in [-0.05, 0) is 43.2 Å². The van der Waals surface area contributed by atoms with Crippen LogP contribution in [0.3, 0.4) is 0 Å². The molecule has 2 heterocycles. The van der Waals surface area contributed by atoms with Gasteiger partial charge in [-0.25, -0.2) is 9.78 Å². The van der Waals surface area contributed by atoms with E-state index in [9.17, 15) is 9.90 Å². The Hall–Kier alpha value is -3.52. The molecule has 1 atom stereocenters. The van der Waals surface area contributed by atoms with E-state index in [1.807, 2.05) is 36.4 Å². The minimum Gasteiger partial charge on any atom is -0.512 e. The van der Waals surface area contributed by atoms with Crippen LogP contribution in [0.1, 0.15) is 49.9 Å². The fourth-order valence-corrected chi connectivity index (χ4v) is 6.15. The molecule has 0 bridgehead atoms. The van der Waals surface area contributed by atoms with Gasteiger partial charge in [-0.3, -0.25) is 4.68 Å². The van der Waals surface area contributed by atoms with Crippen LogP contribution in [-0.4, -0.2) is 45.7 Å². The molecule has 1 unspecified atom stereocenters. The van der Waals surface area contributed by atoms with Gasteiger partial charge < -0.3 is 19.3 Å². The van der Waals surface area contributed by atoms with Crippen molar-refractivity contribution < 1.29 is 24.1 Å². The van der Waals surface area contributed by atoms with Crippen molar-refractivity contribution in [3.05, 3.63) is 70.2 Å². The fraction of sp³-hybridized carbons (Fsp3) is 0.433. The molecule has 1 aliphatic heterocycles. The lowest BCUT2D eigenvalue weighted by atomic mass is 9.76. The van der Waals surface area contributed by atoms with Crippen molar-refractivity contribution in [2.45, 2.75) is 57.0 Å². The zero-order valence-corrected chi connectivity index (χ0v) is 23.3. The van der Waals surface area contributed by atoms with E-state index >= 15 is 0 Å². The maximum absolute atomic E-state index is 13.5. The van der Waals surface area contributed by atoms with Crippen LogP contribution in [0.5, 0.6) is 11.5 Å². The molecule has 1 N–H and O–H groups in total. The third-order valence-corrected chi connectivity index (χ3v) is 8.34. The van der Waals surface area contributed by atoms with Crippen molar-refractivity contribution in [1.82, 2.24) is 14.8 Å². The van der Waals surface area contributed by atoms with E-state index in [-0.39, 0.29) is 30.1 Å². The minimum atomic E-state index is -0.798. The van der Waals surface area contributed by atoms with Gasteiger partial charge in [0.1, 0.15) is 28.7 Å². The second-order valence-electron chi connectivity index (χ2n) is 10.4. The monoisotopic (exact) mass is 551 g/mol. The number of aliphatic hydroxyl groups excluding tert-OH is 1. The summed E-state index contributed by atoms with van der Waals surface area (Å²) in [6, 6.07) is 13.3. The second-order valence-corrected chi connectivity index (χ2v) is 10.8. The molecule has 39 heavy (non-hydrogen) atoms. The molecule has 2 aliphatic rings. The molecule has 1 aliphatic carbocycles. The van der Waals surface area contributed by atoms with Crippen LogP contribution in [0.4, 0.5) is 0 Å². The Bertz CT molecular complexity index is 1380. The average molecular weight is 552 g/mol. The number of carbonyl (C=O) groups is 1. The number of cyclic esters (lactones) is 1. The highest BCUT2D eigenvalue weighted by atomic mass is 35.5. The second kappa shape index (κ2) is 11.3. The van der Waals surface area contributed by atoms with Gasteiger partial charge in [0, 0.05) is 31.5 Å². The molecule has 3 aromatic rings. The zero-order valence-electron chi connectivity index (χ0n) is 22.6. The number of ether oxygens (including phenoxy) is 3. The maximum Gasteiger partial charge on any atom is 0.338 e. The number of hydrogen-bond acceptors (Lipinski definition) is 7. The highest BCUT2D eigenvalue weighted by Gasteiger charge is 2.48. The Morgan fingerprint density at radius 2 is 1.85 bits per heavy atom. The number of nitrogens with zero attached hydrogens (tertiary/aromatic N) is 3. The molecular formula is C30H34ClN3O5. The first-order chi connectivity index (χ1) is 18.8. The Kier molecular flexibility index (Phi) is 7.84. The summed E-state index contributed by atoms with van der Waals surface area (Å²) in [5.74, 6) is 2.11. The van der Waals surface area contributed by atoms with Crippen molar-refractivity contribution in [2.24, 2.45) is 13.0 Å². The summed E-state index contributed by atoms with van der Waals surface area (Å²) in [6.07, 6.45) is 5.61. The topological polar surface area (TPSA) is 95.7 Å². The fourth-order valence-electron chi connectivity index (χ4n) is 5.89. The SMILES string of the molecule is COc1cc(OC)c(CCC2(C3CCCC3)CC(O)=C(Cc3nc(-c4ccccc4)nn3C)C(=O)O2)cc1Cl. The van der Waals surface area contributed by atoms with Gasteiger partial charge in [0.2, 0.25) is 0 Å². The largest absolute Gasteiger partial charge is 0.512 e. The van der Waals surface area contributed by atoms with Crippen molar-refractivity contribution in [3.63, 3.8) is 0 Å². The summed E-state index contributed by atoms with van der Waals surface area (Å²) in [6.45, 7) is 0. The molecule has 0 spiro atoms. The van der Waals surface area contributed by atoms with Crippen LogP contribution in [0.15, 0.2) is 53.8 Å². The van der Waals surface area contributed by atoms with Gasteiger partial charge >= 0.3 is 5.97 Å². The van der Waals surface area contributed by atoms with Crippen LogP contribution >= 0.6 is 11.6 Å². The van der Waals surface area contributed by atoms with Gasteiger partial charge in [0.15, 0.2) is 5.82 Å². The van der Waals surface area contributed by atoms with Crippen LogP contribution in [0.2, 0.25) is 5.02 Å². The summed E-state index contributed by atoms with van der Waals surface area (Å²) in [5, 5.41) is 16.3. The first-order valence-corrected chi connectivity index (χ1v) is 13.7. The molecule has 206 valence electrons. The number of esters is 1. The van der Waals surface area contributed by atoms with Gasteiger partial charge in [-0.15, -0.1) is 0 Å². The maximum atomic E-state index is 13.5. The highest BCUT2D eigenvalue weighted by molar-refractivity contribution is 6.32. The molecule has 2 aromatic carbocycles. The Morgan fingerprint density at radius 1 is 1.13 bits per heavy atom. The zero-order chi connectivity index (χ0) is 27.6. The summed E-state index contributed by atoms with van der Waals surface area (Å²) in [7, 11) is 4.96. The van der Waals surface area contributed by atoms with Gasteiger partial charge in [-0.1, -0.05) is 54.8 Å². The number of aliphatic hydroxyl groups is 1. The molecule has 1 aromatic heterocycles. The van der Waals surface area contributed by atoms with E-state index in [1.54, 1.807) is 32.0 Å². The summed E-state index contributed by atoms with van der Waals surface area (Å²) >= 11 is 6.41. The number of aromatic nitrogens is 3. The van der Waals surface area contributed by atoms with Crippen LogP contribution in [0.25, 0.3) is 11.4 Å². The molecule has 9 heteroatoms. The number of carbonyl (C=O) groups excluding carboxylic acids is 1. The van der Waals surface area contributed by atoms with Crippen molar-refractivity contribution in [1.29, 1.82) is 0 Å². The summed E-state index contributed by atoms with van der Waals surface area (Å²) in [4.78, 5) is 18.1. The average Bonchev–Trinajstić information content (AvgIpc) is 3.61. The third kappa shape index (κ3) is 5.48. The number of halogens is 1. The predicted octanol–water partition coefficient (Wildman–Crippen LogP) is 6.02. The van der Waals surface area contributed by atoms with Crippen molar-refractivity contribution in [2.75, 3.05) is 14.2 Å². The van der Waals surface area contributed by atoms with Gasteiger partial charge in [0.25, 0.3) is 0 Å². The van der Waals surface area contributed by atoms with E-state index in [4.69, 9.17) is 25.8 Å². The number of rotatable bonds is 9. The lowest BCUT2D eigenvalue weighted by Crippen LogP contribution is -2.46. The van der Waals surface area contributed by atoms with Gasteiger partial charge in [0.05, 0.1) is 24.8 Å². The predicted molar refractivity (Wildman–Crippen MR) is 148 cm³/mol. The van der Waals surface area contributed by atoms with E-state index < -0.39 is 11.6 Å². The number of aryl methyl sites for hydroxylation is 2. The lowest BCUT2D eigenvalue weighted by molar-refractivity contribution is -0.167. The number of benzene rings is 2. The first kappa shape index (κ1) is 27.1. The lowest BCUT2D eigenvalue weighted by Gasteiger charge is -2.42. The van der Waals surface area contributed by atoms with E-state index in [1.165, 1.54) is 0 Å². The molecule has 0 amide bonds. The Labute approximate surface area is 233 Å². The van der Waals surface area contributed by atoms with Crippen molar-refractivity contribution in [3.8, 4) is 22.9 Å². The smallest absolute Gasteiger partial charge is 0.338 e. The molecular weight excluding hydrogens is 518 g/mol. The standard InChI is InChI=1S/C30H34ClN3O5/c1-34-27(32-28(33-34)19-9-5-4-6-10-19)16-22-24(35)18-30(39-29(22)36,21-11-7-8-12-21)14-13-20-15-23(31)26(38-3)17-25(20)37-2/h4-6,9-10,15,17,21,35H,7-8,11-14,16,18H2,1-3H3. The third-order valence-electron chi connectivity index (χ3n) is 8.05. The van der Waals surface area contributed by atoms with Gasteiger partial charge in [-0.2, -0.15) is 5.10 Å². The first-order valence-electron chi connectivity index (χ1n) is 13.3. The molecule has 1 saturated carbocycles. The highest BCUT2D eigenvalue weighted by Crippen LogP contribution is 2.46. The van der Waals surface area contributed by atoms with Crippen molar-refractivity contribution >= 4 is 17.6 Å².